The van der Waals surface area contributed by atoms with E-state index in [2.05, 4.69) is 22.8 Å². The first-order chi connectivity index (χ1) is 10.6. The lowest BCUT2D eigenvalue weighted by molar-refractivity contribution is -0.115. The Kier molecular flexibility index (Phi) is 6.72. The smallest absolute Gasteiger partial charge is 0.238 e. The number of aryl methyl sites for hydroxylation is 1. The normalized spacial score (nSPS) is 10.5. The van der Waals surface area contributed by atoms with Crippen molar-refractivity contribution in [2.45, 2.75) is 12.8 Å². The van der Waals surface area contributed by atoms with Crippen LogP contribution in [0.15, 0.2) is 48.5 Å². The third-order valence-corrected chi connectivity index (χ3v) is 3.89. The molecule has 0 fully saturated rings. The van der Waals surface area contributed by atoms with Crippen LogP contribution in [0.1, 0.15) is 12.0 Å². The predicted octanol–water partition coefficient (Wildman–Crippen LogP) is 4.15. The van der Waals surface area contributed by atoms with Gasteiger partial charge in [-0.3, -0.25) is 4.79 Å². The van der Waals surface area contributed by atoms with Crippen molar-refractivity contribution in [3.8, 4) is 0 Å². The Morgan fingerprint density at radius 2 is 1.77 bits per heavy atom. The summed E-state index contributed by atoms with van der Waals surface area (Å²) in [6, 6.07) is 15.3. The lowest BCUT2D eigenvalue weighted by Gasteiger charge is -2.07. The molecule has 3 nitrogen and oxygen atoms in total. The highest BCUT2D eigenvalue weighted by Gasteiger charge is 2.04. The molecule has 0 aromatic heterocycles. The van der Waals surface area contributed by atoms with Gasteiger partial charge in [0.2, 0.25) is 5.91 Å². The summed E-state index contributed by atoms with van der Waals surface area (Å²) in [4.78, 5) is 11.8. The summed E-state index contributed by atoms with van der Waals surface area (Å²) in [7, 11) is 0. The highest BCUT2D eigenvalue weighted by molar-refractivity contribution is 6.42. The van der Waals surface area contributed by atoms with Crippen LogP contribution in [0.5, 0.6) is 0 Å². The van der Waals surface area contributed by atoms with Gasteiger partial charge in [-0.25, -0.2) is 0 Å². The van der Waals surface area contributed by atoms with Crippen molar-refractivity contribution in [2.24, 2.45) is 0 Å². The van der Waals surface area contributed by atoms with Crippen LogP contribution in [0.25, 0.3) is 0 Å². The molecule has 0 spiro atoms. The van der Waals surface area contributed by atoms with Crippen molar-refractivity contribution < 1.29 is 4.79 Å². The quantitative estimate of drug-likeness (QED) is 0.745. The molecular weight excluding hydrogens is 319 g/mol. The van der Waals surface area contributed by atoms with Gasteiger partial charge in [0.1, 0.15) is 0 Å². The molecule has 0 aliphatic heterocycles. The number of hydrogen-bond acceptors (Lipinski definition) is 2. The average molecular weight is 337 g/mol. The van der Waals surface area contributed by atoms with E-state index in [0.29, 0.717) is 15.7 Å². The van der Waals surface area contributed by atoms with Gasteiger partial charge in [-0.05, 0) is 43.1 Å². The van der Waals surface area contributed by atoms with E-state index in [9.17, 15) is 4.79 Å². The van der Waals surface area contributed by atoms with E-state index in [4.69, 9.17) is 23.2 Å². The number of amides is 1. The minimum Gasteiger partial charge on any atom is -0.325 e. The van der Waals surface area contributed by atoms with Gasteiger partial charge in [0.15, 0.2) is 0 Å². The number of rotatable bonds is 7. The van der Waals surface area contributed by atoms with Crippen LogP contribution in [-0.4, -0.2) is 19.0 Å². The second kappa shape index (κ2) is 8.79. The van der Waals surface area contributed by atoms with Gasteiger partial charge >= 0.3 is 0 Å². The third kappa shape index (κ3) is 5.68. The average Bonchev–Trinajstić information content (AvgIpc) is 2.52. The molecule has 0 heterocycles. The van der Waals surface area contributed by atoms with E-state index >= 15 is 0 Å². The van der Waals surface area contributed by atoms with E-state index in [1.54, 1.807) is 18.2 Å². The van der Waals surface area contributed by atoms with Crippen LogP contribution < -0.4 is 10.6 Å². The highest BCUT2D eigenvalue weighted by Crippen LogP contribution is 2.24. The monoisotopic (exact) mass is 336 g/mol. The van der Waals surface area contributed by atoms with Crippen molar-refractivity contribution in [1.29, 1.82) is 0 Å². The Morgan fingerprint density at radius 1 is 1.00 bits per heavy atom. The van der Waals surface area contributed by atoms with Gasteiger partial charge in [-0.2, -0.15) is 0 Å². The number of carbonyl (C=O) groups is 1. The lowest BCUT2D eigenvalue weighted by Crippen LogP contribution is -2.28. The van der Waals surface area contributed by atoms with Crippen LogP contribution in [0.4, 0.5) is 5.69 Å². The van der Waals surface area contributed by atoms with E-state index in [1.807, 2.05) is 18.2 Å². The molecule has 1 amide bonds. The van der Waals surface area contributed by atoms with Gasteiger partial charge < -0.3 is 10.6 Å². The molecule has 0 radical (unpaired) electrons. The molecule has 2 aromatic carbocycles. The van der Waals surface area contributed by atoms with Crippen molar-refractivity contribution in [2.75, 3.05) is 18.4 Å². The first-order valence-electron chi connectivity index (χ1n) is 7.15. The van der Waals surface area contributed by atoms with Crippen molar-refractivity contribution >= 4 is 34.8 Å². The number of anilines is 1. The Bertz CT molecular complexity index is 617. The van der Waals surface area contributed by atoms with E-state index in [0.717, 1.165) is 19.4 Å². The molecular formula is C17H18Cl2N2O. The van der Waals surface area contributed by atoms with E-state index in [-0.39, 0.29) is 12.5 Å². The maximum atomic E-state index is 11.8. The molecule has 2 N–H and O–H groups in total. The van der Waals surface area contributed by atoms with Crippen molar-refractivity contribution in [3.05, 3.63) is 64.1 Å². The molecule has 5 heteroatoms. The molecule has 0 saturated heterocycles. The fraction of sp³-hybridized carbons (Fsp3) is 0.235. The van der Waals surface area contributed by atoms with Gasteiger partial charge in [0.05, 0.1) is 16.6 Å². The number of benzene rings is 2. The molecule has 0 atom stereocenters. The summed E-state index contributed by atoms with van der Waals surface area (Å²) in [5.41, 5.74) is 1.95. The standard InChI is InChI=1S/C17H18Cl2N2O/c18-15-9-8-14(11-16(15)19)21-17(22)12-20-10-4-7-13-5-2-1-3-6-13/h1-3,5-6,8-9,11,20H,4,7,10,12H2,(H,21,22). The zero-order valence-electron chi connectivity index (χ0n) is 12.1. The van der Waals surface area contributed by atoms with E-state index in [1.165, 1.54) is 5.56 Å². The molecule has 116 valence electrons. The lowest BCUT2D eigenvalue weighted by atomic mass is 10.1. The minimum absolute atomic E-state index is 0.0990. The summed E-state index contributed by atoms with van der Waals surface area (Å²) < 4.78 is 0. The number of halogens is 2. The van der Waals surface area contributed by atoms with Crippen LogP contribution in [0, 0.1) is 0 Å². The summed E-state index contributed by atoms with van der Waals surface area (Å²) in [6.07, 6.45) is 1.99. The van der Waals surface area contributed by atoms with E-state index < -0.39 is 0 Å². The van der Waals surface area contributed by atoms with Gasteiger partial charge in [-0.1, -0.05) is 53.5 Å². The maximum Gasteiger partial charge on any atom is 0.238 e. The van der Waals surface area contributed by atoms with Crippen LogP contribution >= 0.6 is 23.2 Å². The maximum absolute atomic E-state index is 11.8. The molecule has 0 saturated carbocycles. The molecule has 0 bridgehead atoms. The SMILES string of the molecule is O=C(CNCCCc1ccccc1)Nc1ccc(Cl)c(Cl)c1. The van der Waals surface area contributed by atoms with Gasteiger partial charge in [0.25, 0.3) is 0 Å². The second-order valence-electron chi connectivity index (χ2n) is 4.94. The van der Waals surface area contributed by atoms with Crippen molar-refractivity contribution in [3.63, 3.8) is 0 Å². The Hall–Kier alpha value is -1.55. The Morgan fingerprint density at radius 3 is 2.50 bits per heavy atom. The zero-order valence-corrected chi connectivity index (χ0v) is 13.6. The Labute approximate surface area is 140 Å². The topological polar surface area (TPSA) is 41.1 Å². The van der Waals surface area contributed by atoms with Gasteiger partial charge in [-0.15, -0.1) is 0 Å². The van der Waals surface area contributed by atoms with Crippen LogP contribution in [0.3, 0.4) is 0 Å². The number of carbonyl (C=O) groups excluding carboxylic acids is 1. The Balaban J connectivity index is 1.64. The van der Waals surface area contributed by atoms with Crippen molar-refractivity contribution in [1.82, 2.24) is 5.32 Å². The minimum atomic E-state index is -0.0990. The van der Waals surface area contributed by atoms with Crippen LogP contribution in [0.2, 0.25) is 10.0 Å². The number of nitrogens with one attached hydrogen (secondary N) is 2. The fourth-order valence-corrected chi connectivity index (χ4v) is 2.34. The highest BCUT2D eigenvalue weighted by atomic mass is 35.5. The fourth-order valence-electron chi connectivity index (χ4n) is 2.04. The molecule has 2 rings (SSSR count). The molecule has 2 aromatic rings. The largest absolute Gasteiger partial charge is 0.325 e. The second-order valence-corrected chi connectivity index (χ2v) is 5.76. The summed E-state index contributed by atoms with van der Waals surface area (Å²) in [6.45, 7) is 1.07. The summed E-state index contributed by atoms with van der Waals surface area (Å²) >= 11 is 11.7. The zero-order chi connectivity index (χ0) is 15.8. The van der Waals surface area contributed by atoms with Gasteiger partial charge in [0, 0.05) is 5.69 Å². The summed E-state index contributed by atoms with van der Waals surface area (Å²) in [5, 5.41) is 6.80. The molecule has 22 heavy (non-hydrogen) atoms. The first-order valence-corrected chi connectivity index (χ1v) is 7.90. The van der Waals surface area contributed by atoms with Crippen LogP contribution in [-0.2, 0) is 11.2 Å². The number of hydrogen-bond donors (Lipinski definition) is 2. The summed E-state index contributed by atoms with van der Waals surface area (Å²) in [5.74, 6) is -0.0990. The first kappa shape index (κ1) is 16.8. The molecule has 0 unspecified atom stereocenters. The molecule has 0 aliphatic rings. The molecule has 0 aliphatic carbocycles. The predicted molar refractivity (Wildman–Crippen MR) is 92.7 cm³/mol. The third-order valence-electron chi connectivity index (χ3n) is 3.15.